The highest BCUT2D eigenvalue weighted by atomic mass is 15.1. The number of nitrogens with zero attached hydrogens (tertiary/aromatic N) is 1. The van der Waals surface area contributed by atoms with Crippen LogP contribution in [0.15, 0.2) is 237 Å². The highest BCUT2D eigenvalue weighted by Gasteiger charge is 2.57. The van der Waals surface area contributed by atoms with Gasteiger partial charge in [0.15, 0.2) is 0 Å². The first-order valence-electron chi connectivity index (χ1n) is 21.1. The van der Waals surface area contributed by atoms with Crippen molar-refractivity contribution < 1.29 is 0 Å². The van der Waals surface area contributed by atoms with E-state index in [0.717, 1.165) is 17.1 Å². The smallest absolute Gasteiger partial charge is 0.0538 e. The normalized spacial score (nSPS) is 17.9. The van der Waals surface area contributed by atoms with Crippen LogP contribution in [0.5, 0.6) is 0 Å². The molecule has 0 fully saturated rings. The molecule has 0 aromatic heterocycles. The summed E-state index contributed by atoms with van der Waals surface area (Å²) in [5, 5.41) is 2.50. The second-order valence-corrected chi connectivity index (χ2v) is 16.4. The first-order valence-corrected chi connectivity index (χ1v) is 21.1. The Labute approximate surface area is 351 Å². The molecule has 0 saturated heterocycles. The van der Waals surface area contributed by atoms with Gasteiger partial charge in [-0.25, -0.2) is 0 Å². The monoisotopic (exact) mass is 763 g/mol. The average Bonchev–Trinajstić information content (AvgIpc) is 3.79. The summed E-state index contributed by atoms with van der Waals surface area (Å²) in [6.07, 6.45) is 9.40. The van der Waals surface area contributed by atoms with E-state index in [2.05, 4.69) is 242 Å². The first kappa shape index (κ1) is 34.6. The molecule has 3 aliphatic rings. The van der Waals surface area contributed by atoms with Crippen molar-refractivity contribution in [3.05, 3.63) is 259 Å². The summed E-state index contributed by atoms with van der Waals surface area (Å²) in [4.78, 5) is 2.47. The molecule has 0 bridgehead atoms. The van der Waals surface area contributed by atoms with Gasteiger partial charge >= 0.3 is 0 Å². The van der Waals surface area contributed by atoms with E-state index in [-0.39, 0.29) is 11.3 Å². The van der Waals surface area contributed by atoms with Crippen molar-refractivity contribution in [1.82, 2.24) is 0 Å². The fourth-order valence-corrected chi connectivity index (χ4v) is 10.7. The largest absolute Gasteiger partial charge is 0.310 e. The Bertz CT molecular complexity index is 3160. The van der Waals surface area contributed by atoms with Gasteiger partial charge in [0.05, 0.1) is 5.41 Å². The van der Waals surface area contributed by atoms with Gasteiger partial charge in [-0.05, 0) is 120 Å². The summed E-state index contributed by atoms with van der Waals surface area (Å²) in [5.74, 6) is 0.577. The first-order chi connectivity index (χ1) is 29.8. The number of fused-ring (bicyclic) bond motifs is 11. The van der Waals surface area contributed by atoms with Crippen LogP contribution in [-0.4, -0.2) is 0 Å². The number of hydrogen-bond donors (Lipinski definition) is 0. The lowest BCUT2D eigenvalue weighted by Gasteiger charge is -2.37. The highest BCUT2D eigenvalue weighted by molar-refractivity contribution is 5.93. The van der Waals surface area contributed by atoms with Crippen molar-refractivity contribution in [1.29, 1.82) is 0 Å². The third-order valence-electron chi connectivity index (χ3n) is 13.3. The zero-order valence-electron chi connectivity index (χ0n) is 33.1. The maximum Gasteiger partial charge on any atom is 0.0538 e. The van der Waals surface area contributed by atoms with Crippen molar-refractivity contribution in [2.45, 2.75) is 11.3 Å². The highest BCUT2D eigenvalue weighted by Crippen LogP contribution is 2.65. The molecule has 1 nitrogen and oxygen atoms in total. The molecule has 9 aromatic carbocycles. The molecule has 3 aliphatic carbocycles. The molecular weight excluding hydrogens is 723 g/mol. The molecule has 0 heterocycles. The predicted octanol–water partition coefficient (Wildman–Crippen LogP) is 15.5. The number of hydrogen-bond acceptors (Lipinski definition) is 1. The van der Waals surface area contributed by atoms with Crippen molar-refractivity contribution in [2.75, 3.05) is 4.90 Å². The molecule has 0 saturated carbocycles. The van der Waals surface area contributed by atoms with Crippen molar-refractivity contribution in [3.8, 4) is 44.5 Å². The minimum atomic E-state index is -0.317. The fourth-order valence-electron chi connectivity index (χ4n) is 10.7. The molecule has 60 heavy (non-hydrogen) atoms. The SMILES string of the molecule is C1=CC2c3ccccc3C3(c4ccccc4-c4ccc(N(c5ccc(-c6ccc7ccccc7c6)cc5)c5ccc(-c6ccccc6)c(-c6ccccc6)c5)cc43)C2C=C1. The van der Waals surface area contributed by atoms with E-state index >= 15 is 0 Å². The Balaban J connectivity index is 1.08. The van der Waals surface area contributed by atoms with E-state index in [1.165, 1.54) is 77.5 Å². The van der Waals surface area contributed by atoms with Gasteiger partial charge < -0.3 is 4.90 Å². The van der Waals surface area contributed by atoms with Gasteiger partial charge in [-0.3, -0.25) is 0 Å². The number of anilines is 3. The lowest BCUT2D eigenvalue weighted by Crippen LogP contribution is -2.33. The minimum Gasteiger partial charge on any atom is -0.310 e. The third-order valence-corrected chi connectivity index (χ3v) is 13.3. The molecule has 1 spiro atoms. The third kappa shape index (κ3) is 5.26. The van der Waals surface area contributed by atoms with Crippen LogP contribution in [0.3, 0.4) is 0 Å². The van der Waals surface area contributed by atoms with Crippen LogP contribution in [0.2, 0.25) is 0 Å². The molecule has 12 rings (SSSR count). The van der Waals surface area contributed by atoms with Gasteiger partial charge in [-0.2, -0.15) is 0 Å². The van der Waals surface area contributed by atoms with Gasteiger partial charge in [-0.15, -0.1) is 0 Å². The van der Waals surface area contributed by atoms with E-state index in [1.54, 1.807) is 0 Å². The molecule has 0 amide bonds. The lowest BCUT2D eigenvalue weighted by molar-refractivity contribution is 0.465. The molecule has 0 aliphatic heterocycles. The van der Waals surface area contributed by atoms with Crippen LogP contribution in [0, 0.1) is 5.92 Å². The van der Waals surface area contributed by atoms with Crippen molar-refractivity contribution >= 4 is 27.8 Å². The van der Waals surface area contributed by atoms with Gasteiger partial charge in [0.1, 0.15) is 0 Å². The summed E-state index contributed by atoms with van der Waals surface area (Å²) >= 11 is 0. The molecule has 9 aromatic rings. The zero-order chi connectivity index (χ0) is 39.6. The van der Waals surface area contributed by atoms with Crippen LogP contribution in [-0.2, 0) is 5.41 Å². The van der Waals surface area contributed by atoms with Gasteiger partial charge in [0.2, 0.25) is 0 Å². The summed E-state index contributed by atoms with van der Waals surface area (Å²) < 4.78 is 0. The van der Waals surface area contributed by atoms with Crippen LogP contribution < -0.4 is 4.90 Å². The van der Waals surface area contributed by atoms with Gasteiger partial charge in [0.25, 0.3) is 0 Å². The maximum atomic E-state index is 2.52. The molecule has 3 unspecified atom stereocenters. The number of benzene rings is 9. The minimum absolute atomic E-state index is 0.266. The van der Waals surface area contributed by atoms with E-state index in [0.29, 0.717) is 5.92 Å². The Morgan fingerprint density at radius 2 is 0.917 bits per heavy atom. The topological polar surface area (TPSA) is 3.24 Å². The average molecular weight is 764 g/mol. The summed E-state index contributed by atoms with van der Waals surface area (Å²) in [6.45, 7) is 0. The number of rotatable bonds is 6. The standard InChI is InChI=1S/C59H41N/c1-3-16-42(17-4-1)49-35-33-47(38-54(49)43-18-5-2-6-19-43)60(46-31-29-41(30-32-46)45-28-27-40-15-7-8-20-44(40)37-45)48-34-36-53-52-23-11-14-26-57(52)59(58(53)39-48)55-24-12-9-21-50(55)51-22-10-13-25-56(51)59/h1-39,50,55H. The van der Waals surface area contributed by atoms with Crippen LogP contribution in [0.4, 0.5) is 17.1 Å². The second kappa shape index (κ2) is 13.8. The summed E-state index contributed by atoms with van der Waals surface area (Å²) in [6, 6.07) is 78.7. The van der Waals surface area contributed by atoms with E-state index in [9.17, 15) is 0 Å². The van der Waals surface area contributed by atoms with Crippen LogP contribution >= 0.6 is 0 Å². The quantitative estimate of drug-likeness (QED) is 0.163. The molecular formula is C59H41N. The Kier molecular flexibility index (Phi) is 7.96. The summed E-state index contributed by atoms with van der Waals surface area (Å²) in [7, 11) is 0. The van der Waals surface area contributed by atoms with Crippen LogP contribution in [0.1, 0.15) is 28.2 Å². The zero-order valence-corrected chi connectivity index (χ0v) is 33.1. The number of allylic oxidation sites excluding steroid dienone is 4. The molecule has 1 heteroatoms. The predicted molar refractivity (Wildman–Crippen MR) is 251 cm³/mol. The molecule has 0 N–H and O–H groups in total. The lowest BCUT2D eigenvalue weighted by atomic mass is 9.65. The molecule has 282 valence electrons. The van der Waals surface area contributed by atoms with Gasteiger partial charge in [-0.1, -0.05) is 194 Å². The molecule has 3 atom stereocenters. The van der Waals surface area contributed by atoms with E-state index in [4.69, 9.17) is 0 Å². The molecule has 0 radical (unpaired) electrons. The summed E-state index contributed by atoms with van der Waals surface area (Å²) in [5.41, 5.74) is 18.6. The van der Waals surface area contributed by atoms with E-state index in [1.807, 2.05) is 0 Å². The Morgan fingerprint density at radius 1 is 0.333 bits per heavy atom. The maximum absolute atomic E-state index is 2.52. The fraction of sp³-hybridized carbons (Fsp3) is 0.0508. The second-order valence-electron chi connectivity index (χ2n) is 16.4. The van der Waals surface area contributed by atoms with Crippen molar-refractivity contribution in [2.24, 2.45) is 5.92 Å². The van der Waals surface area contributed by atoms with Crippen LogP contribution in [0.25, 0.3) is 55.3 Å². The van der Waals surface area contributed by atoms with Gasteiger partial charge in [0, 0.05) is 28.9 Å². The Hall–Kier alpha value is -7.48. The Morgan fingerprint density at radius 3 is 1.72 bits per heavy atom. The van der Waals surface area contributed by atoms with Crippen molar-refractivity contribution in [3.63, 3.8) is 0 Å². The van der Waals surface area contributed by atoms with E-state index < -0.39 is 0 Å².